The summed E-state index contributed by atoms with van der Waals surface area (Å²) < 4.78 is 10.1. The number of amides is 1. The zero-order chi connectivity index (χ0) is 19.6. The SMILES string of the molecule is COC(=O)c1ccc(COC(=O)c2c(NC(=O)C3CC3)sc(C)c2C)cc1. The van der Waals surface area contributed by atoms with Gasteiger partial charge in [0.25, 0.3) is 0 Å². The number of methoxy groups -OCH3 is 1. The van der Waals surface area contributed by atoms with Gasteiger partial charge in [0.05, 0.1) is 18.2 Å². The van der Waals surface area contributed by atoms with Gasteiger partial charge in [0.1, 0.15) is 11.6 Å². The fourth-order valence-corrected chi connectivity index (χ4v) is 3.65. The van der Waals surface area contributed by atoms with Gasteiger partial charge >= 0.3 is 11.9 Å². The number of hydrogen-bond acceptors (Lipinski definition) is 6. The predicted molar refractivity (Wildman–Crippen MR) is 102 cm³/mol. The predicted octanol–water partition coefficient (Wildman–Crippen LogP) is 3.86. The highest BCUT2D eigenvalue weighted by atomic mass is 32.1. The van der Waals surface area contributed by atoms with Crippen molar-refractivity contribution in [2.75, 3.05) is 12.4 Å². The van der Waals surface area contributed by atoms with Crippen LogP contribution in [0.2, 0.25) is 0 Å². The Morgan fingerprint density at radius 3 is 2.37 bits per heavy atom. The Kier molecular flexibility index (Phi) is 5.60. The minimum Gasteiger partial charge on any atom is -0.465 e. The maximum absolute atomic E-state index is 12.6. The zero-order valence-corrected chi connectivity index (χ0v) is 16.3. The minimum absolute atomic E-state index is 0.0382. The van der Waals surface area contributed by atoms with E-state index in [4.69, 9.17) is 4.74 Å². The number of benzene rings is 1. The van der Waals surface area contributed by atoms with Crippen molar-refractivity contribution in [1.82, 2.24) is 0 Å². The number of thiophene rings is 1. The van der Waals surface area contributed by atoms with Crippen LogP contribution in [0.5, 0.6) is 0 Å². The van der Waals surface area contributed by atoms with Gasteiger partial charge in [-0.05, 0) is 49.9 Å². The van der Waals surface area contributed by atoms with E-state index < -0.39 is 11.9 Å². The summed E-state index contributed by atoms with van der Waals surface area (Å²) in [5.74, 6) is -0.868. The molecule has 1 saturated carbocycles. The number of rotatable bonds is 6. The van der Waals surface area contributed by atoms with Gasteiger partial charge in [-0.25, -0.2) is 9.59 Å². The van der Waals surface area contributed by atoms with E-state index in [1.807, 2.05) is 13.8 Å². The Balaban J connectivity index is 1.68. The fourth-order valence-electron chi connectivity index (χ4n) is 2.60. The zero-order valence-electron chi connectivity index (χ0n) is 15.5. The maximum atomic E-state index is 12.6. The van der Waals surface area contributed by atoms with Crippen LogP contribution < -0.4 is 5.32 Å². The molecule has 1 aliphatic rings. The molecule has 2 aromatic rings. The van der Waals surface area contributed by atoms with E-state index in [1.54, 1.807) is 24.3 Å². The van der Waals surface area contributed by atoms with Gasteiger partial charge in [-0.1, -0.05) is 12.1 Å². The average Bonchev–Trinajstić information content (AvgIpc) is 3.47. The van der Waals surface area contributed by atoms with Crippen LogP contribution in [0.4, 0.5) is 5.00 Å². The summed E-state index contributed by atoms with van der Waals surface area (Å²) in [7, 11) is 1.32. The van der Waals surface area contributed by atoms with Gasteiger partial charge in [-0.15, -0.1) is 11.3 Å². The normalized spacial score (nSPS) is 13.1. The number of carbonyl (C=O) groups is 3. The summed E-state index contributed by atoms with van der Waals surface area (Å²) >= 11 is 1.39. The van der Waals surface area contributed by atoms with Crippen molar-refractivity contribution >= 4 is 34.2 Å². The molecule has 0 aliphatic heterocycles. The van der Waals surface area contributed by atoms with E-state index in [-0.39, 0.29) is 18.4 Å². The standard InChI is InChI=1S/C20H21NO5S/c1-11-12(2)27-18(21-17(22)14-8-9-14)16(11)20(24)26-10-13-4-6-15(7-5-13)19(23)25-3/h4-7,14H,8-10H2,1-3H3,(H,21,22). The first-order valence-electron chi connectivity index (χ1n) is 8.66. The quantitative estimate of drug-likeness (QED) is 0.761. The first-order chi connectivity index (χ1) is 12.9. The lowest BCUT2D eigenvalue weighted by Crippen LogP contribution is -2.16. The Morgan fingerprint density at radius 2 is 1.78 bits per heavy atom. The van der Waals surface area contributed by atoms with Crippen molar-refractivity contribution < 1.29 is 23.9 Å². The molecule has 1 aromatic carbocycles. The molecular weight excluding hydrogens is 366 g/mol. The second kappa shape index (κ2) is 7.92. The van der Waals surface area contributed by atoms with Crippen LogP contribution in [0.15, 0.2) is 24.3 Å². The van der Waals surface area contributed by atoms with E-state index in [0.29, 0.717) is 16.1 Å². The summed E-state index contributed by atoms with van der Waals surface area (Å²) in [4.78, 5) is 37.1. The van der Waals surface area contributed by atoms with Crippen molar-refractivity contribution in [2.45, 2.75) is 33.3 Å². The summed E-state index contributed by atoms with van der Waals surface area (Å²) in [6.07, 6.45) is 1.80. The Hall–Kier alpha value is -2.67. The van der Waals surface area contributed by atoms with Crippen molar-refractivity contribution in [2.24, 2.45) is 5.92 Å². The third kappa shape index (κ3) is 4.36. The first kappa shape index (κ1) is 19.1. The molecule has 0 unspecified atom stereocenters. The molecule has 1 fully saturated rings. The molecule has 142 valence electrons. The number of nitrogens with one attached hydrogen (secondary N) is 1. The van der Waals surface area contributed by atoms with Crippen LogP contribution in [-0.2, 0) is 20.9 Å². The summed E-state index contributed by atoms with van der Waals surface area (Å²) in [5, 5.41) is 3.42. The molecule has 6 nitrogen and oxygen atoms in total. The Labute approximate surface area is 161 Å². The number of aryl methyl sites for hydroxylation is 1. The van der Waals surface area contributed by atoms with Crippen LogP contribution in [0.1, 0.15) is 49.6 Å². The summed E-state index contributed by atoms with van der Waals surface area (Å²) in [6.45, 7) is 3.83. The molecule has 0 saturated heterocycles. The molecule has 1 aromatic heterocycles. The van der Waals surface area contributed by atoms with Crippen LogP contribution >= 0.6 is 11.3 Å². The van der Waals surface area contributed by atoms with E-state index in [2.05, 4.69) is 10.1 Å². The summed E-state index contributed by atoms with van der Waals surface area (Å²) in [5.41, 5.74) is 2.42. The lowest BCUT2D eigenvalue weighted by molar-refractivity contribution is -0.117. The lowest BCUT2D eigenvalue weighted by atomic mass is 10.1. The number of hydrogen-bond donors (Lipinski definition) is 1. The largest absolute Gasteiger partial charge is 0.465 e. The van der Waals surface area contributed by atoms with Gasteiger partial charge < -0.3 is 14.8 Å². The molecule has 3 rings (SSSR count). The Morgan fingerprint density at radius 1 is 1.11 bits per heavy atom. The maximum Gasteiger partial charge on any atom is 0.341 e. The van der Waals surface area contributed by atoms with Crippen LogP contribution in [0.3, 0.4) is 0 Å². The van der Waals surface area contributed by atoms with Crippen molar-refractivity contribution in [3.63, 3.8) is 0 Å². The minimum atomic E-state index is -0.472. The number of carbonyl (C=O) groups excluding carboxylic acids is 3. The smallest absolute Gasteiger partial charge is 0.341 e. The molecule has 0 bridgehead atoms. The van der Waals surface area contributed by atoms with Crippen LogP contribution in [0, 0.1) is 19.8 Å². The molecule has 0 radical (unpaired) electrons. The molecule has 0 atom stereocenters. The van der Waals surface area contributed by atoms with Crippen molar-refractivity contribution in [1.29, 1.82) is 0 Å². The topological polar surface area (TPSA) is 81.7 Å². The number of esters is 2. The third-order valence-electron chi connectivity index (χ3n) is 4.52. The molecule has 1 heterocycles. The van der Waals surface area contributed by atoms with Gasteiger partial charge in [-0.3, -0.25) is 4.79 Å². The molecule has 0 spiro atoms. The molecule has 7 heteroatoms. The van der Waals surface area contributed by atoms with Gasteiger partial charge in [0.15, 0.2) is 0 Å². The fraction of sp³-hybridized carbons (Fsp3) is 0.350. The second-order valence-electron chi connectivity index (χ2n) is 6.52. The highest BCUT2D eigenvalue weighted by Gasteiger charge is 2.31. The van der Waals surface area contributed by atoms with E-state index in [9.17, 15) is 14.4 Å². The number of ether oxygens (including phenoxy) is 2. The van der Waals surface area contributed by atoms with E-state index >= 15 is 0 Å². The Bertz CT molecular complexity index is 881. The second-order valence-corrected chi connectivity index (χ2v) is 7.74. The molecule has 1 amide bonds. The third-order valence-corrected chi connectivity index (χ3v) is 5.64. The monoisotopic (exact) mass is 387 g/mol. The first-order valence-corrected chi connectivity index (χ1v) is 9.47. The lowest BCUT2D eigenvalue weighted by Gasteiger charge is -2.09. The highest BCUT2D eigenvalue weighted by Crippen LogP contribution is 2.36. The molecule has 27 heavy (non-hydrogen) atoms. The molecule has 1 aliphatic carbocycles. The van der Waals surface area contributed by atoms with E-state index in [0.717, 1.165) is 28.8 Å². The average molecular weight is 387 g/mol. The summed E-state index contributed by atoms with van der Waals surface area (Å²) in [6, 6.07) is 6.66. The van der Waals surface area contributed by atoms with Crippen molar-refractivity contribution in [3.8, 4) is 0 Å². The van der Waals surface area contributed by atoms with Gasteiger partial charge in [-0.2, -0.15) is 0 Å². The number of anilines is 1. The molecule has 1 N–H and O–H groups in total. The van der Waals surface area contributed by atoms with Crippen LogP contribution in [-0.4, -0.2) is 25.0 Å². The van der Waals surface area contributed by atoms with Crippen molar-refractivity contribution in [3.05, 3.63) is 51.4 Å². The van der Waals surface area contributed by atoms with Gasteiger partial charge in [0.2, 0.25) is 5.91 Å². The molecular formula is C20H21NO5S. The van der Waals surface area contributed by atoms with E-state index in [1.165, 1.54) is 18.4 Å². The van der Waals surface area contributed by atoms with Crippen LogP contribution in [0.25, 0.3) is 0 Å². The highest BCUT2D eigenvalue weighted by molar-refractivity contribution is 7.16. The van der Waals surface area contributed by atoms with Gasteiger partial charge in [0, 0.05) is 10.8 Å².